The molecular formula is C30H31N7O5. The van der Waals surface area contributed by atoms with Crippen LogP contribution < -0.4 is 31.9 Å². The molecule has 0 saturated carbocycles. The third-order valence-electron chi connectivity index (χ3n) is 7.15. The molecule has 1 aliphatic rings. The molecule has 2 aromatic heterocycles. The number of anilines is 1. The maximum absolute atomic E-state index is 13.6. The zero-order chi connectivity index (χ0) is 29.8. The third kappa shape index (κ3) is 5.84. The molecule has 1 aliphatic heterocycles. The number of aromatic nitrogens is 4. The molecule has 1 fully saturated rings. The molecule has 5 rings (SSSR count). The van der Waals surface area contributed by atoms with Crippen LogP contribution in [-0.4, -0.2) is 50.6 Å². The number of carbonyl (C=O) groups excluding carboxylic acids is 2. The van der Waals surface area contributed by atoms with Crippen molar-refractivity contribution < 1.29 is 14.3 Å². The Bertz CT molecular complexity index is 1760. The standard InChI is InChI=1S/C30H31N7O5/c1-36-26(20-11-7-10-19(14-20)18-8-5-4-6-9-18)25(29(40)37(2)30(36)41)27(39)34-23-17-32-22(28(35-23)42-3)16-31-15-21-12-13-24(38)33-21/h4-11,14,17,21,31H,12-13,15-16H2,1-3H3,(H,33,38)(H,34,35,39). The van der Waals surface area contributed by atoms with Crippen molar-refractivity contribution in [2.75, 3.05) is 19.0 Å². The minimum absolute atomic E-state index is 0.0413. The monoisotopic (exact) mass is 569 g/mol. The Morgan fingerprint density at radius 3 is 2.48 bits per heavy atom. The zero-order valence-corrected chi connectivity index (χ0v) is 23.5. The first-order chi connectivity index (χ1) is 20.3. The van der Waals surface area contributed by atoms with Gasteiger partial charge < -0.3 is 20.7 Å². The lowest BCUT2D eigenvalue weighted by atomic mass is 9.99. The summed E-state index contributed by atoms with van der Waals surface area (Å²) in [5.74, 6) is -0.436. The second-order valence-corrected chi connectivity index (χ2v) is 9.98. The minimum Gasteiger partial charge on any atom is -0.480 e. The van der Waals surface area contributed by atoms with Gasteiger partial charge in [0.05, 0.1) is 19.0 Å². The van der Waals surface area contributed by atoms with Gasteiger partial charge in [0.2, 0.25) is 11.8 Å². The maximum atomic E-state index is 13.6. The molecule has 2 aromatic carbocycles. The van der Waals surface area contributed by atoms with E-state index in [1.54, 1.807) is 6.07 Å². The average molecular weight is 570 g/mol. The molecule has 0 aliphatic carbocycles. The van der Waals surface area contributed by atoms with Gasteiger partial charge in [0.25, 0.3) is 11.5 Å². The van der Waals surface area contributed by atoms with Crippen LogP contribution in [0, 0.1) is 0 Å². The number of ether oxygens (including phenoxy) is 1. The van der Waals surface area contributed by atoms with E-state index in [-0.39, 0.29) is 34.9 Å². The van der Waals surface area contributed by atoms with E-state index in [1.165, 1.54) is 32.0 Å². The van der Waals surface area contributed by atoms with Crippen molar-refractivity contribution in [3.63, 3.8) is 0 Å². The van der Waals surface area contributed by atoms with Crippen LogP contribution in [0.4, 0.5) is 5.82 Å². The summed E-state index contributed by atoms with van der Waals surface area (Å²) in [6, 6.07) is 17.0. The van der Waals surface area contributed by atoms with Crippen LogP contribution in [0.1, 0.15) is 28.9 Å². The predicted molar refractivity (Wildman–Crippen MR) is 157 cm³/mol. The molecule has 3 heterocycles. The van der Waals surface area contributed by atoms with Crippen molar-refractivity contribution in [3.05, 3.63) is 92.9 Å². The van der Waals surface area contributed by atoms with E-state index in [4.69, 9.17) is 4.74 Å². The summed E-state index contributed by atoms with van der Waals surface area (Å²) in [5.41, 5.74) is 1.51. The normalized spacial score (nSPS) is 14.5. The fourth-order valence-electron chi connectivity index (χ4n) is 4.98. The van der Waals surface area contributed by atoms with E-state index in [0.717, 1.165) is 22.1 Å². The lowest BCUT2D eigenvalue weighted by molar-refractivity contribution is -0.119. The van der Waals surface area contributed by atoms with Crippen molar-refractivity contribution in [2.24, 2.45) is 14.1 Å². The molecule has 0 radical (unpaired) electrons. The number of hydrogen-bond donors (Lipinski definition) is 3. The summed E-state index contributed by atoms with van der Waals surface area (Å²) in [6.07, 6.45) is 2.66. The van der Waals surface area contributed by atoms with Crippen LogP contribution in [0.15, 0.2) is 70.4 Å². The minimum atomic E-state index is -0.745. The first kappa shape index (κ1) is 28.4. The van der Waals surface area contributed by atoms with Gasteiger partial charge in [-0.05, 0) is 29.2 Å². The van der Waals surface area contributed by atoms with Gasteiger partial charge in [0, 0.05) is 39.6 Å². The Balaban J connectivity index is 1.44. The number of nitrogens with zero attached hydrogens (tertiary/aromatic N) is 4. The van der Waals surface area contributed by atoms with Gasteiger partial charge in [-0.1, -0.05) is 48.5 Å². The van der Waals surface area contributed by atoms with E-state index >= 15 is 0 Å². The molecule has 1 saturated heterocycles. The van der Waals surface area contributed by atoms with E-state index in [2.05, 4.69) is 25.9 Å². The van der Waals surface area contributed by atoms with E-state index in [0.29, 0.717) is 30.8 Å². The SMILES string of the molecule is COc1nc(NC(=O)c2c(-c3cccc(-c4ccccc4)c3)n(C)c(=O)n(C)c2=O)cnc1CNCC1CCC(=O)N1. The number of methoxy groups -OCH3 is 1. The predicted octanol–water partition coefficient (Wildman–Crippen LogP) is 1.84. The molecule has 1 unspecified atom stereocenters. The van der Waals surface area contributed by atoms with E-state index in [1.807, 2.05) is 48.5 Å². The Labute approximate surface area is 241 Å². The molecular weight excluding hydrogens is 538 g/mol. The van der Waals surface area contributed by atoms with Gasteiger partial charge in [-0.2, -0.15) is 4.98 Å². The Kier molecular flexibility index (Phi) is 8.25. The maximum Gasteiger partial charge on any atom is 0.330 e. The largest absolute Gasteiger partial charge is 0.480 e. The molecule has 0 spiro atoms. The summed E-state index contributed by atoms with van der Waals surface area (Å²) in [4.78, 5) is 60.0. The average Bonchev–Trinajstić information content (AvgIpc) is 3.43. The molecule has 0 bridgehead atoms. The molecule has 2 amide bonds. The van der Waals surface area contributed by atoms with Crippen molar-refractivity contribution in [1.29, 1.82) is 0 Å². The van der Waals surface area contributed by atoms with E-state index in [9.17, 15) is 19.2 Å². The fraction of sp³-hybridized carbons (Fsp3) is 0.267. The fourth-order valence-corrected chi connectivity index (χ4v) is 4.98. The number of carbonyl (C=O) groups is 2. The highest BCUT2D eigenvalue weighted by Gasteiger charge is 2.25. The lowest BCUT2D eigenvalue weighted by Crippen LogP contribution is -2.42. The number of rotatable bonds is 9. The molecule has 1 atom stereocenters. The topological polar surface area (TPSA) is 149 Å². The van der Waals surface area contributed by atoms with Crippen molar-refractivity contribution in [2.45, 2.75) is 25.4 Å². The Morgan fingerprint density at radius 2 is 1.76 bits per heavy atom. The Hall–Kier alpha value is -5.10. The molecule has 12 heteroatoms. The number of nitrogens with one attached hydrogen (secondary N) is 3. The van der Waals surface area contributed by atoms with Crippen LogP contribution in [-0.2, 0) is 25.4 Å². The number of hydrogen-bond acceptors (Lipinski definition) is 8. The molecule has 3 N–H and O–H groups in total. The van der Waals surface area contributed by atoms with E-state index < -0.39 is 17.2 Å². The number of amides is 2. The van der Waals surface area contributed by atoms with Crippen molar-refractivity contribution in [1.82, 2.24) is 29.7 Å². The molecule has 4 aromatic rings. The highest BCUT2D eigenvalue weighted by Crippen LogP contribution is 2.27. The van der Waals surface area contributed by atoms with Crippen LogP contribution in [0.2, 0.25) is 0 Å². The molecule has 42 heavy (non-hydrogen) atoms. The van der Waals surface area contributed by atoms with Crippen LogP contribution in [0.5, 0.6) is 5.88 Å². The molecule has 216 valence electrons. The first-order valence-electron chi connectivity index (χ1n) is 13.4. The highest BCUT2D eigenvalue weighted by atomic mass is 16.5. The zero-order valence-electron chi connectivity index (χ0n) is 23.5. The first-order valence-corrected chi connectivity index (χ1v) is 13.4. The van der Waals surface area contributed by atoms with Gasteiger partial charge in [0.1, 0.15) is 11.3 Å². The smallest absolute Gasteiger partial charge is 0.330 e. The summed E-state index contributed by atoms with van der Waals surface area (Å²) < 4.78 is 7.57. The third-order valence-corrected chi connectivity index (χ3v) is 7.15. The second kappa shape index (κ2) is 12.2. The van der Waals surface area contributed by atoms with Gasteiger partial charge in [0.15, 0.2) is 5.82 Å². The summed E-state index contributed by atoms with van der Waals surface area (Å²) >= 11 is 0. The lowest BCUT2D eigenvalue weighted by Gasteiger charge is -2.16. The van der Waals surface area contributed by atoms with Crippen molar-refractivity contribution >= 4 is 17.6 Å². The van der Waals surface area contributed by atoms with Crippen molar-refractivity contribution in [3.8, 4) is 28.3 Å². The quantitative estimate of drug-likeness (QED) is 0.277. The van der Waals surface area contributed by atoms with Gasteiger partial charge in [-0.25, -0.2) is 4.79 Å². The summed E-state index contributed by atoms with van der Waals surface area (Å²) in [6.45, 7) is 0.902. The number of benzene rings is 2. The second-order valence-electron chi connectivity index (χ2n) is 9.98. The van der Waals surface area contributed by atoms with Crippen LogP contribution >= 0.6 is 0 Å². The summed E-state index contributed by atoms with van der Waals surface area (Å²) in [5, 5.41) is 8.77. The summed E-state index contributed by atoms with van der Waals surface area (Å²) in [7, 11) is 4.29. The van der Waals surface area contributed by atoms with Gasteiger partial charge in [-0.3, -0.25) is 28.5 Å². The van der Waals surface area contributed by atoms with Gasteiger partial charge >= 0.3 is 5.69 Å². The van der Waals surface area contributed by atoms with Crippen LogP contribution in [0.3, 0.4) is 0 Å². The Morgan fingerprint density at radius 1 is 1.02 bits per heavy atom. The van der Waals surface area contributed by atoms with Gasteiger partial charge in [-0.15, -0.1) is 0 Å². The highest BCUT2D eigenvalue weighted by molar-refractivity contribution is 6.07. The van der Waals surface area contributed by atoms with Crippen LogP contribution in [0.25, 0.3) is 22.4 Å². The molecule has 12 nitrogen and oxygen atoms in total.